The summed E-state index contributed by atoms with van der Waals surface area (Å²) in [5.74, 6) is -0.407. The quantitative estimate of drug-likeness (QED) is 0.706. The fraction of sp³-hybridized carbons (Fsp3) is 0.200. The third-order valence-electron chi connectivity index (χ3n) is 2.14. The lowest BCUT2D eigenvalue weighted by molar-refractivity contribution is 0.0763. The molecule has 15 heavy (non-hydrogen) atoms. The van der Waals surface area contributed by atoms with Crippen molar-refractivity contribution in [3.05, 3.63) is 30.2 Å². The molecule has 78 valence electrons. The number of ketones is 1. The Balaban J connectivity index is 2.39. The maximum absolute atomic E-state index is 11.5. The Labute approximate surface area is 85.5 Å². The number of hydrogen-bond donors (Lipinski definition) is 2. The Morgan fingerprint density at radius 1 is 1.60 bits per heavy atom. The molecule has 5 nitrogen and oxygen atoms in total. The van der Waals surface area contributed by atoms with Gasteiger partial charge in [-0.2, -0.15) is 0 Å². The van der Waals surface area contributed by atoms with Gasteiger partial charge in [0.25, 0.3) is 0 Å². The van der Waals surface area contributed by atoms with Crippen molar-refractivity contribution in [1.82, 2.24) is 4.98 Å². The van der Waals surface area contributed by atoms with Gasteiger partial charge in [0.2, 0.25) is 0 Å². The SMILES string of the molecule is NCC(O)C(=O)c1ccc2ncoc2c1. The van der Waals surface area contributed by atoms with E-state index in [0.717, 1.165) is 0 Å². The number of rotatable bonds is 3. The van der Waals surface area contributed by atoms with Gasteiger partial charge in [-0.1, -0.05) is 0 Å². The number of fused-ring (bicyclic) bond motifs is 1. The molecule has 3 N–H and O–H groups in total. The molecule has 0 bridgehead atoms. The summed E-state index contributed by atoms with van der Waals surface area (Å²) in [6, 6.07) is 4.80. The molecule has 1 aromatic carbocycles. The molecule has 0 aliphatic carbocycles. The van der Waals surface area contributed by atoms with E-state index in [1.165, 1.54) is 6.39 Å². The Hall–Kier alpha value is -1.72. The van der Waals surface area contributed by atoms with Gasteiger partial charge in [0.05, 0.1) is 0 Å². The van der Waals surface area contributed by atoms with Crippen LogP contribution in [0, 0.1) is 0 Å². The molecule has 1 aromatic heterocycles. The molecule has 1 unspecified atom stereocenters. The number of aromatic nitrogens is 1. The van der Waals surface area contributed by atoms with Gasteiger partial charge in [-0.3, -0.25) is 4.79 Å². The van der Waals surface area contributed by atoms with Crippen molar-refractivity contribution in [2.24, 2.45) is 5.73 Å². The summed E-state index contributed by atoms with van der Waals surface area (Å²) >= 11 is 0. The molecule has 0 saturated heterocycles. The second-order valence-corrected chi connectivity index (χ2v) is 3.15. The first-order valence-corrected chi connectivity index (χ1v) is 4.48. The van der Waals surface area contributed by atoms with Crippen molar-refractivity contribution in [2.75, 3.05) is 6.54 Å². The Bertz CT molecular complexity index is 492. The molecular formula is C10H10N2O3. The van der Waals surface area contributed by atoms with E-state index in [9.17, 15) is 9.90 Å². The van der Waals surface area contributed by atoms with Crippen LogP contribution in [0.3, 0.4) is 0 Å². The van der Waals surface area contributed by atoms with Crippen LogP contribution in [-0.2, 0) is 0 Å². The summed E-state index contributed by atoms with van der Waals surface area (Å²) in [5, 5.41) is 9.28. The van der Waals surface area contributed by atoms with Crippen LogP contribution in [0.15, 0.2) is 29.0 Å². The van der Waals surface area contributed by atoms with Gasteiger partial charge >= 0.3 is 0 Å². The molecule has 0 aliphatic heterocycles. The van der Waals surface area contributed by atoms with Crippen LogP contribution in [0.1, 0.15) is 10.4 Å². The predicted molar refractivity (Wildman–Crippen MR) is 53.4 cm³/mol. The number of carbonyl (C=O) groups excluding carboxylic acids is 1. The minimum Gasteiger partial charge on any atom is -0.443 e. The van der Waals surface area contributed by atoms with E-state index < -0.39 is 11.9 Å². The monoisotopic (exact) mass is 206 g/mol. The predicted octanol–water partition coefficient (Wildman–Crippen LogP) is 0.330. The highest BCUT2D eigenvalue weighted by molar-refractivity contribution is 6.01. The van der Waals surface area contributed by atoms with Crippen LogP contribution >= 0.6 is 0 Å². The lowest BCUT2D eigenvalue weighted by Gasteiger charge is -2.05. The van der Waals surface area contributed by atoms with Gasteiger partial charge in [0.15, 0.2) is 17.8 Å². The Morgan fingerprint density at radius 3 is 3.13 bits per heavy atom. The van der Waals surface area contributed by atoms with Crippen LogP contribution < -0.4 is 5.73 Å². The van der Waals surface area contributed by atoms with E-state index in [1.807, 2.05) is 0 Å². The largest absolute Gasteiger partial charge is 0.443 e. The first-order valence-electron chi connectivity index (χ1n) is 4.48. The standard InChI is InChI=1S/C10H10N2O3/c11-4-8(13)10(14)6-1-2-7-9(3-6)15-5-12-7/h1-3,5,8,13H,4,11H2. The number of carbonyl (C=O) groups is 1. The Kier molecular flexibility index (Phi) is 2.49. The van der Waals surface area contributed by atoms with Gasteiger partial charge in [-0.15, -0.1) is 0 Å². The first-order chi connectivity index (χ1) is 7.22. The van der Waals surface area contributed by atoms with Crippen molar-refractivity contribution in [3.63, 3.8) is 0 Å². The van der Waals surface area contributed by atoms with Crippen LogP contribution in [0.4, 0.5) is 0 Å². The highest BCUT2D eigenvalue weighted by atomic mass is 16.3. The summed E-state index contributed by atoms with van der Waals surface area (Å²) in [6.45, 7) is -0.0900. The number of hydrogen-bond acceptors (Lipinski definition) is 5. The van der Waals surface area contributed by atoms with E-state index >= 15 is 0 Å². The summed E-state index contributed by atoms with van der Waals surface area (Å²) in [7, 11) is 0. The molecule has 0 fully saturated rings. The lowest BCUT2D eigenvalue weighted by Crippen LogP contribution is -2.29. The zero-order valence-corrected chi connectivity index (χ0v) is 7.88. The van der Waals surface area contributed by atoms with E-state index in [0.29, 0.717) is 16.7 Å². The van der Waals surface area contributed by atoms with Crippen molar-refractivity contribution < 1.29 is 14.3 Å². The molecule has 1 atom stereocenters. The van der Waals surface area contributed by atoms with E-state index in [-0.39, 0.29) is 6.54 Å². The number of aliphatic hydroxyl groups is 1. The average Bonchev–Trinajstić information content (AvgIpc) is 2.73. The number of aliphatic hydroxyl groups excluding tert-OH is 1. The normalized spacial score (nSPS) is 12.9. The number of benzene rings is 1. The third kappa shape index (κ3) is 1.74. The van der Waals surface area contributed by atoms with Crippen molar-refractivity contribution in [1.29, 1.82) is 0 Å². The van der Waals surface area contributed by atoms with Gasteiger partial charge in [-0.25, -0.2) is 4.98 Å². The Morgan fingerprint density at radius 2 is 2.40 bits per heavy atom. The van der Waals surface area contributed by atoms with Crippen LogP contribution in [0.2, 0.25) is 0 Å². The third-order valence-corrected chi connectivity index (χ3v) is 2.14. The smallest absolute Gasteiger partial charge is 0.192 e. The summed E-state index contributed by atoms with van der Waals surface area (Å²) in [4.78, 5) is 15.5. The number of nitrogens with zero attached hydrogens (tertiary/aromatic N) is 1. The van der Waals surface area contributed by atoms with E-state index in [4.69, 9.17) is 10.2 Å². The van der Waals surface area contributed by atoms with Crippen molar-refractivity contribution >= 4 is 16.9 Å². The molecule has 0 radical (unpaired) electrons. The molecule has 0 amide bonds. The molecule has 0 aliphatic rings. The summed E-state index contributed by atoms with van der Waals surface area (Å²) < 4.78 is 5.05. The molecule has 2 rings (SSSR count). The molecule has 0 saturated carbocycles. The van der Waals surface area contributed by atoms with Gasteiger partial charge in [-0.05, 0) is 18.2 Å². The molecule has 5 heteroatoms. The van der Waals surface area contributed by atoms with Crippen LogP contribution in [0.5, 0.6) is 0 Å². The van der Waals surface area contributed by atoms with E-state index in [2.05, 4.69) is 4.98 Å². The first kappa shape index (κ1) is 9.82. The minimum absolute atomic E-state index is 0.0900. The lowest BCUT2D eigenvalue weighted by atomic mass is 10.1. The molecule has 0 spiro atoms. The van der Waals surface area contributed by atoms with Gasteiger partial charge in [0.1, 0.15) is 11.6 Å². The summed E-state index contributed by atoms with van der Waals surface area (Å²) in [6.07, 6.45) is 0.142. The van der Waals surface area contributed by atoms with Gasteiger partial charge < -0.3 is 15.3 Å². The maximum Gasteiger partial charge on any atom is 0.192 e. The maximum atomic E-state index is 11.5. The van der Waals surface area contributed by atoms with Crippen LogP contribution in [0.25, 0.3) is 11.1 Å². The van der Waals surface area contributed by atoms with Gasteiger partial charge in [0, 0.05) is 12.1 Å². The van der Waals surface area contributed by atoms with Crippen LogP contribution in [-0.4, -0.2) is 28.5 Å². The second kappa shape index (κ2) is 3.80. The fourth-order valence-electron chi connectivity index (χ4n) is 1.31. The number of oxazole rings is 1. The molecule has 1 heterocycles. The molecular weight excluding hydrogens is 196 g/mol. The highest BCUT2D eigenvalue weighted by Crippen LogP contribution is 2.15. The van der Waals surface area contributed by atoms with Crippen molar-refractivity contribution in [3.8, 4) is 0 Å². The highest BCUT2D eigenvalue weighted by Gasteiger charge is 2.16. The van der Waals surface area contributed by atoms with Crippen molar-refractivity contribution in [2.45, 2.75) is 6.10 Å². The average molecular weight is 206 g/mol. The second-order valence-electron chi connectivity index (χ2n) is 3.15. The number of nitrogens with two attached hydrogens (primary N) is 1. The zero-order chi connectivity index (χ0) is 10.8. The fourth-order valence-corrected chi connectivity index (χ4v) is 1.31. The van der Waals surface area contributed by atoms with E-state index in [1.54, 1.807) is 18.2 Å². The zero-order valence-electron chi connectivity index (χ0n) is 7.88. The summed E-state index contributed by atoms with van der Waals surface area (Å²) in [5.41, 5.74) is 6.76. The number of Topliss-reactive ketones (excluding diaryl/α,β-unsaturated/α-hetero) is 1. The molecule has 2 aromatic rings. The minimum atomic E-state index is -1.16. The topological polar surface area (TPSA) is 89.4 Å².